The van der Waals surface area contributed by atoms with E-state index in [9.17, 15) is 0 Å². The summed E-state index contributed by atoms with van der Waals surface area (Å²) in [6.07, 6.45) is 4.44. The predicted octanol–water partition coefficient (Wildman–Crippen LogP) is 1.22. The molecule has 0 bridgehead atoms. The molecular weight excluding hydrogens is 126 g/mol. The normalized spacial score (nSPS) is 41.7. The lowest BCUT2D eigenvalue weighted by Gasteiger charge is -2.33. The van der Waals surface area contributed by atoms with Crippen LogP contribution in [0, 0.1) is 0 Å². The Bertz CT molecular complexity index is 126. The van der Waals surface area contributed by atoms with Crippen LogP contribution in [-0.2, 0) is 4.74 Å². The summed E-state index contributed by atoms with van der Waals surface area (Å²) < 4.78 is 5.55. The number of hydrogen-bond donors (Lipinski definition) is 0. The molecule has 0 radical (unpaired) electrons. The van der Waals surface area contributed by atoms with E-state index >= 15 is 0 Å². The highest BCUT2D eigenvalue weighted by molar-refractivity contribution is 4.80. The highest BCUT2D eigenvalue weighted by Crippen LogP contribution is 2.26. The molecule has 2 aliphatic rings. The molecule has 0 amide bonds. The summed E-state index contributed by atoms with van der Waals surface area (Å²) in [5.41, 5.74) is 0. The van der Waals surface area contributed by atoms with Crippen molar-refractivity contribution in [1.29, 1.82) is 0 Å². The molecule has 0 N–H and O–H groups in total. The number of nitrogens with zero attached hydrogens (tertiary/aromatic N) is 1. The second-order valence-corrected chi connectivity index (χ2v) is 3.34. The first-order valence-corrected chi connectivity index (χ1v) is 4.25. The van der Waals surface area contributed by atoms with Crippen molar-refractivity contribution < 1.29 is 4.74 Å². The highest BCUT2D eigenvalue weighted by atomic mass is 16.5. The molecule has 2 atom stereocenters. The minimum Gasteiger partial charge on any atom is -0.362 e. The Balaban J connectivity index is 2.03. The average molecular weight is 141 g/mol. The largest absolute Gasteiger partial charge is 0.362 e. The van der Waals surface area contributed by atoms with Gasteiger partial charge in [0.05, 0.1) is 6.61 Å². The van der Waals surface area contributed by atoms with Crippen LogP contribution < -0.4 is 0 Å². The molecule has 2 rings (SSSR count). The van der Waals surface area contributed by atoms with E-state index in [-0.39, 0.29) is 0 Å². The average Bonchev–Trinajstić information content (AvgIpc) is 2.36. The third kappa shape index (κ3) is 0.956. The molecule has 2 nitrogen and oxygen atoms in total. The molecule has 58 valence electrons. The Morgan fingerprint density at radius 1 is 1.40 bits per heavy atom. The highest BCUT2D eigenvalue weighted by Gasteiger charge is 2.31. The van der Waals surface area contributed by atoms with Crippen molar-refractivity contribution in [3.8, 4) is 0 Å². The second kappa shape index (κ2) is 2.51. The Kier molecular flexibility index (Phi) is 1.66. The minimum absolute atomic E-state index is 0.476. The van der Waals surface area contributed by atoms with Crippen LogP contribution in [0.2, 0.25) is 0 Å². The Morgan fingerprint density at radius 3 is 3.10 bits per heavy atom. The fourth-order valence-corrected chi connectivity index (χ4v) is 2.04. The SMILES string of the molecule is C[C@@H]1CCC[C@H]2OCCN12. The van der Waals surface area contributed by atoms with E-state index in [1.165, 1.54) is 19.3 Å². The molecular formula is C8H15NO. The number of fused-ring (bicyclic) bond motifs is 1. The first-order valence-electron chi connectivity index (χ1n) is 4.25. The summed E-state index contributed by atoms with van der Waals surface area (Å²) >= 11 is 0. The zero-order valence-electron chi connectivity index (χ0n) is 6.55. The number of ether oxygens (including phenoxy) is 1. The second-order valence-electron chi connectivity index (χ2n) is 3.34. The van der Waals surface area contributed by atoms with Gasteiger partial charge in [-0.15, -0.1) is 0 Å². The van der Waals surface area contributed by atoms with E-state index < -0.39 is 0 Å². The summed E-state index contributed by atoms with van der Waals surface area (Å²) in [6.45, 7) is 4.42. The van der Waals surface area contributed by atoms with Crippen LogP contribution in [0.5, 0.6) is 0 Å². The van der Waals surface area contributed by atoms with Gasteiger partial charge in [-0.1, -0.05) is 0 Å². The lowest BCUT2D eigenvalue weighted by molar-refractivity contribution is -0.0142. The molecule has 0 unspecified atom stereocenters. The lowest BCUT2D eigenvalue weighted by Crippen LogP contribution is -2.41. The van der Waals surface area contributed by atoms with Gasteiger partial charge in [0.1, 0.15) is 6.23 Å². The summed E-state index contributed by atoms with van der Waals surface area (Å²) in [6, 6.07) is 0.765. The minimum atomic E-state index is 0.476. The van der Waals surface area contributed by atoms with Gasteiger partial charge in [-0.05, 0) is 26.2 Å². The van der Waals surface area contributed by atoms with Crippen molar-refractivity contribution in [2.24, 2.45) is 0 Å². The van der Waals surface area contributed by atoms with Gasteiger partial charge in [-0.2, -0.15) is 0 Å². The standard InChI is InChI=1S/C8H15NO/c1-7-3-2-4-8-9(7)5-6-10-8/h7-8H,2-6H2,1H3/t7-,8-/m1/s1. The van der Waals surface area contributed by atoms with Crippen LogP contribution >= 0.6 is 0 Å². The monoisotopic (exact) mass is 141 g/mol. The molecule has 2 saturated heterocycles. The van der Waals surface area contributed by atoms with Crippen molar-refractivity contribution in [2.45, 2.75) is 38.5 Å². The Labute approximate surface area is 62.2 Å². The fourth-order valence-electron chi connectivity index (χ4n) is 2.04. The first kappa shape index (κ1) is 6.62. The quantitative estimate of drug-likeness (QED) is 0.503. The third-order valence-corrected chi connectivity index (χ3v) is 2.67. The van der Waals surface area contributed by atoms with Crippen LogP contribution in [0.4, 0.5) is 0 Å². The summed E-state index contributed by atoms with van der Waals surface area (Å²) in [5.74, 6) is 0. The van der Waals surface area contributed by atoms with Crippen LogP contribution in [0.3, 0.4) is 0 Å². The van der Waals surface area contributed by atoms with Gasteiger partial charge >= 0.3 is 0 Å². The summed E-state index contributed by atoms with van der Waals surface area (Å²) in [4.78, 5) is 2.49. The van der Waals surface area contributed by atoms with E-state index in [2.05, 4.69) is 11.8 Å². The maximum atomic E-state index is 5.55. The van der Waals surface area contributed by atoms with Crippen LogP contribution in [0.1, 0.15) is 26.2 Å². The molecule has 2 heterocycles. The molecule has 0 aromatic heterocycles. The van der Waals surface area contributed by atoms with Crippen molar-refractivity contribution in [3.63, 3.8) is 0 Å². The maximum Gasteiger partial charge on any atom is 0.110 e. The third-order valence-electron chi connectivity index (χ3n) is 2.67. The topological polar surface area (TPSA) is 12.5 Å². The number of hydrogen-bond acceptors (Lipinski definition) is 2. The van der Waals surface area contributed by atoms with Crippen molar-refractivity contribution in [3.05, 3.63) is 0 Å². The molecule has 0 aliphatic carbocycles. The molecule has 0 spiro atoms. The Morgan fingerprint density at radius 2 is 2.30 bits per heavy atom. The smallest absolute Gasteiger partial charge is 0.110 e. The van der Waals surface area contributed by atoms with E-state index in [1.807, 2.05) is 0 Å². The molecule has 0 saturated carbocycles. The van der Waals surface area contributed by atoms with Crippen LogP contribution in [0.25, 0.3) is 0 Å². The van der Waals surface area contributed by atoms with Crippen LogP contribution in [0.15, 0.2) is 0 Å². The lowest BCUT2D eigenvalue weighted by atomic mass is 10.0. The van der Waals surface area contributed by atoms with Gasteiger partial charge < -0.3 is 4.74 Å². The van der Waals surface area contributed by atoms with Gasteiger partial charge in [0.15, 0.2) is 0 Å². The Hall–Kier alpha value is -0.0800. The van der Waals surface area contributed by atoms with E-state index in [0.29, 0.717) is 6.23 Å². The fraction of sp³-hybridized carbons (Fsp3) is 1.00. The van der Waals surface area contributed by atoms with Crippen molar-refractivity contribution in [2.75, 3.05) is 13.2 Å². The summed E-state index contributed by atoms with van der Waals surface area (Å²) in [5, 5.41) is 0. The molecule has 2 aliphatic heterocycles. The van der Waals surface area contributed by atoms with E-state index in [4.69, 9.17) is 4.74 Å². The first-order chi connectivity index (χ1) is 4.88. The van der Waals surface area contributed by atoms with Gasteiger partial charge in [0, 0.05) is 12.6 Å². The van der Waals surface area contributed by atoms with Crippen molar-refractivity contribution in [1.82, 2.24) is 4.90 Å². The van der Waals surface area contributed by atoms with Crippen molar-refractivity contribution >= 4 is 0 Å². The maximum absolute atomic E-state index is 5.55. The molecule has 2 heteroatoms. The zero-order valence-corrected chi connectivity index (χ0v) is 6.55. The van der Waals surface area contributed by atoms with Gasteiger partial charge in [0.2, 0.25) is 0 Å². The molecule has 10 heavy (non-hydrogen) atoms. The number of rotatable bonds is 0. The predicted molar refractivity (Wildman–Crippen MR) is 39.8 cm³/mol. The van der Waals surface area contributed by atoms with E-state index in [1.54, 1.807) is 0 Å². The zero-order chi connectivity index (χ0) is 6.97. The van der Waals surface area contributed by atoms with Gasteiger partial charge in [0.25, 0.3) is 0 Å². The summed E-state index contributed by atoms with van der Waals surface area (Å²) in [7, 11) is 0. The number of piperidine rings is 1. The van der Waals surface area contributed by atoms with Crippen LogP contribution in [-0.4, -0.2) is 30.3 Å². The van der Waals surface area contributed by atoms with Gasteiger partial charge in [-0.25, -0.2) is 0 Å². The molecule has 2 fully saturated rings. The van der Waals surface area contributed by atoms with Gasteiger partial charge in [-0.3, -0.25) is 4.90 Å². The van der Waals surface area contributed by atoms with E-state index in [0.717, 1.165) is 19.2 Å². The molecule has 0 aromatic rings. The molecule has 0 aromatic carbocycles.